The summed E-state index contributed by atoms with van der Waals surface area (Å²) < 4.78 is 31.0. The van der Waals surface area contributed by atoms with E-state index in [1.54, 1.807) is 13.2 Å². The summed E-state index contributed by atoms with van der Waals surface area (Å²) in [4.78, 5) is 11.2. The first-order chi connectivity index (χ1) is 16.1. The number of ether oxygens (including phenoxy) is 3. The first-order valence-corrected chi connectivity index (χ1v) is 11.5. The van der Waals surface area contributed by atoms with Crippen molar-refractivity contribution >= 4 is 34.0 Å². The second kappa shape index (κ2) is 9.67. The molecule has 0 radical (unpaired) electrons. The normalized spacial score (nSPS) is 20.2. The standard InChI is InChI=1S/C24H26ClFN4O3/c1-31-22-11-21-18(24(28-14-27-21)29-15-3-6-20(26)19(25)9-15)10-23(22)32-8-2-7-30-12-16-4-5-17(13-30)33-16/h3,6,9-11,14,16-17H,2,4-5,7-8,12-13H2,1H3,(H,27,28,29). The summed E-state index contributed by atoms with van der Waals surface area (Å²) in [5.74, 6) is 1.34. The summed E-state index contributed by atoms with van der Waals surface area (Å²) in [6.07, 6.45) is 5.51. The Morgan fingerprint density at radius 1 is 1.15 bits per heavy atom. The summed E-state index contributed by atoms with van der Waals surface area (Å²) in [5, 5.41) is 3.99. The molecule has 0 spiro atoms. The lowest BCUT2D eigenvalue weighted by molar-refractivity contribution is -0.0391. The van der Waals surface area contributed by atoms with Crippen LogP contribution in [0.3, 0.4) is 0 Å². The largest absolute Gasteiger partial charge is 0.493 e. The molecule has 0 saturated carbocycles. The van der Waals surface area contributed by atoms with E-state index < -0.39 is 5.82 Å². The van der Waals surface area contributed by atoms with E-state index in [0.29, 0.717) is 47.3 Å². The van der Waals surface area contributed by atoms with Gasteiger partial charge in [-0.15, -0.1) is 0 Å². The van der Waals surface area contributed by atoms with Gasteiger partial charge in [-0.05, 0) is 43.5 Å². The summed E-state index contributed by atoms with van der Waals surface area (Å²) in [6, 6.07) is 8.13. The third kappa shape index (κ3) is 4.98. The molecule has 2 aromatic carbocycles. The Bertz CT molecular complexity index is 1140. The first-order valence-electron chi connectivity index (χ1n) is 11.1. The fourth-order valence-electron chi connectivity index (χ4n) is 4.50. The van der Waals surface area contributed by atoms with Crippen LogP contribution in [-0.2, 0) is 4.74 Å². The highest BCUT2D eigenvalue weighted by Gasteiger charge is 2.33. The zero-order valence-corrected chi connectivity index (χ0v) is 19.1. The Morgan fingerprint density at radius 3 is 2.73 bits per heavy atom. The Balaban J connectivity index is 1.29. The molecule has 2 bridgehead atoms. The van der Waals surface area contributed by atoms with Gasteiger partial charge in [-0.25, -0.2) is 14.4 Å². The van der Waals surface area contributed by atoms with Crippen LogP contribution in [-0.4, -0.2) is 60.4 Å². The molecule has 2 aliphatic rings. The van der Waals surface area contributed by atoms with Crippen LogP contribution in [0.5, 0.6) is 11.5 Å². The summed E-state index contributed by atoms with van der Waals surface area (Å²) in [7, 11) is 1.61. The molecule has 2 aliphatic heterocycles. The van der Waals surface area contributed by atoms with Crippen molar-refractivity contribution in [1.82, 2.24) is 14.9 Å². The SMILES string of the molecule is COc1cc2ncnc(Nc3ccc(F)c(Cl)c3)c2cc1OCCCN1CC2CCC(C1)O2. The maximum Gasteiger partial charge on any atom is 0.162 e. The zero-order valence-electron chi connectivity index (χ0n) is 18.4. The van der Waals surface area contributed by atoms with Crippen LogP contribution in [0.25, 0.3) is 10.9 Å². The molecule has 7 nitrogen and oxygen atoms in total. The number of likely N-dealkylation sites (tertiary alicyclic amines) is 1. The number of anilines is 2. The van der Waals surface area contributed by atoms with Crippen molar-refractivity contribution in [2.45, 2.75) is 31.5 Å². The second-order valence-corrected chi connectivity index (χ2v) is 8.82. The van der Waals surface area contributed by atoms with E-state index in [4.69, 9.17) is 25.8 Å². The minimum atomic E-state index is -0.472. The molecule has 5 rings (SSSR count). The van der Waals surface area contributed by atoms with Gasteiger partial charge in [0.05, 0.1) is 36.5 Å². The minimum Gasteiger partial charge on any atom is -0.493 e. The number of hydrogen-bond acceptors (Lipinski definition) is 7. The topological polar surface area (TPSA) is 68.7 Å². The number of methoxy groups -OCH3 is 1. The molecule has 2 unspecified atom stereocenters. The van der Waals surface area contributed by atoms with Gasteiger partial charge in [0, 0.05) is 36.8 Å². The lowest BCUT2D eigenvalue weighted by Gasteiger charge is -2.31. The van der Waals surface area contributed by atoms with Gasteiger partial charge in [0.25, 0.3) is 0 Å². The van der Waals surface area contributed by atoms with E-state index in [2.05, 4.69) is 20.2 Å². The number of rotatable bonds is 8. The molecule has 0 amide bonds. The van der Waals surface area contributed by atoms with Gasteiger partial charge in [-0.2, -0.15) is 0 Å². The number of halogens is 2. The van der Waals surface area contributed by atoms with Gasteiger partial charge in [0.15, 0.2) is 11.5 Å². The van der Waals surface area contributed by atoms with Crippen molar-refractivity contribution in [3.8, 4) is 11.5 Å². The lowest BCUT2D eigenvalue weighted by Crippen LogP contribution is -2.43. The van der Waals surface area contributed by atoms with Crippen LogP contribution in [0.2, 0.25) is 5.02 Å². The molecule has 1 aromatic heterocycles. The van der Waals surface area contributed by atoms with Crippen LogP contribution < -0.4 is 14.8 Å². The monoisotopic (exact) mass is 472 g/mol. The predicted octanol–water partition coefficient (Wildman–Crippen LogP) is 4.81. The van der Waals surface area contributed by atoms with Gasteiger partial charge in [0.1, 0.15) is 18.0 Å². The molecule has 174 valence electrons. The maximum absolute atomic E-state index is 13.5. The quantitative estimate of drug-likeness (QED) is 0.472. The third-order valence-electron chi connectivity index (χ3n) is 6.10. The fraction of sp³-hybridized carbons (Fsp3) is 0.417. The van der Waals surface area contributed by atoms with Crippen LogP contribution >= 0.6 is 11.6 Å². The molecule has 1 N–H and O–H groups in total. The van der Waals surface area contributed by atoms with Crippen molar-refractivity contribution in [2.75, 3.05) is 38.7 Å². The summed E-state index contributed by atoms with van der Waals surface area (Å²) in [6.45, 7) is 3.57. The van der Waals surface area contributed by atoms with Crippen molar-refractivity contribution in [3.05, 3.63) is 47.5 Å². The Kier molecular flexibility index (Phi) is 6.48. The number of nitrogens with one attached hydrogen (secondary N) is 1. The molecule has 2 atom stereocenters. The zero-order chi connectivity index (χ0) is 22.8. The lowest BCUT2D eigenvalue weighted by atomic mass is 10.2. The highest BCUT2D eigenvalue weighted by Crippen LogP contribution is 2.35. The number of benzene rings is 2. The molecule has 9 heteroatoms. The number of nitrogens with zero attached hydrogens (tertiary/aromatic N) is 3. The smallest absolute Gasteiger partial charge is 0.162 e. The number of morpholine rings is 1. The molecule has 0 aliphatic carbocycles. The predicted molar refractivity (Wildman–Crippen MR) is 125 cm³/mol. The average Bonchev–Trinajstić information content (AvgIpc) is 3.16. The maximum atomic E-state index is 13.5. The number of fused-ring (bicyclic) bond motifs is 3. The molecular formula is C24H26ClFN4O3. The van der Waals surface area contributed by atoms with Crippen LogP contribution in [0.15, 0.2) is 36.7 Å². The van der Waals surface area contributed by atoms with Gasteiger partial charge < -0.3 is 19.5 Å². The van der Waals surface area contributed by atoms with E-state index in [1.165, 1.54) is 31.3 Å². The molecule has 2 saturated heterocycles. The first kappa shape index (κ1) is 22.1. The Morgan fingerprint density at radius 2 is 1.97 bits per heavy atom. The highest BCUT2D eigenvalue weighted by molar-refractivity contribution is 6.31. The van der Waals surface area contributed by atoms with E-state index in [0.717, 1.165) is 31.4 Å². The van der Waals surface area contributed by atoms with E-state index in [1.807, 2.05) is 12.1 Å². The number of hydrogen-bond donors (Lipinski definition) is 1. The van der Waals surface area contributed by atoms with Crippen molar-refractivity contribution < 1.29 is 18.6 Å². The van der Waals surface area contributed by atoms with E-state index >= 15 is 0 Å². The Labute approximate surface area is 196 Å². The van der Waals surface area contributed by atoms with Crippen molar-refractivity contribution in [2.24, 2.45) is 0 Å². The second-order valence-electron chi connectivity index (χ2n) is 8.42. The fourth-order valence-corrected chi connectivity index (χ4v) is 4.68. The summed E-state index contributed by atoms with van der Waals surface area (Å²) in [5.41, 5.74) is 1.33. The molecule has 3 heterocycles. The van der Waals surface area contributed by atoms with Gasteiger partial charge in [-0.3, -0.25) is 4.90 Å². The van der Waals surface area contributed by atoms with Gasteiger partial charge in [-0.1, -0.05) is 11.6 Å². The van der Waals surface area contributed by atoms with E-state index in [-0.39, 0.29) is 5.02 Å². The van der Waals surface area contributed by atoms with Gasteiger partial charge >= 0.3 is 0 Å². The van der Waals surface area contributed by atoms with Crippen LogP contribution in [0, 0.1) is 5.82 Å². The average molecular weight is 473 g/mol. The number of aromatic nitrogens is 2. The molecular weight excluding hydrogens is 447 g/mol. The van der Waals surface area contributed by atoms with Crippen LogP contribution in [0.1, 0.15) is 19.3 Å². The molecule has 2 fully saturated rings. The third-order valence-corrected chi connectivity index (χ3v) is 6.39. The van der Waals surface area contributed by atoms with Crippen LogP contribution in [0.4, 0.5) is 15.9 Å². The van der Waals surface area contributed by atoms with Crippen molar-refractivity contribution in [3.63, 3.8) is 0 Å². The molecule has 3 aromatic rings. The van der Waals surface area contributed by atoms with E-state index in [9.17, 15) is 4.39 Å². The van der Waals surface area contributed by atoms with Crippen molar-refractivity contribution in [1.29, 1.82) is 0 Å². The summed E-state index contributed by atoms with van der Waals surface area (Å²) >= 11 is 5.91. The highest BCUT2D eigenvalue weighted by atomic mass is 35.5. The Hall–Kier alpha value is -2.68. The van der Waals surface area contributed by atoms with Gasteiger partial charge in [0.2, 0.25) is 0 Å². The minimum absolute atomic E-state index is 0.0392. The molecule has 33 heavy (non-hydrogen) atoms.